The van der Waals surface area contributed by atoms with E-state index in [0.29, 0.717) is 12.6 Å². The first-order valence-corrected chi connectivity index (χ1v) is 11.3. The molecule has 0 bridgehead atoms. The van der Waals surface area contributed by atoms with E-state index in [1.54, 1.807) is 54.2 Å². The molecule has 3 aromatic heterocycles. The average Bonchev–Trinajstić information content (AvgIpc) is 3.38. The van der Waals surface area contributed by atoms with E-state index in [1.807, 2.05) is 17.5 Å². The third-order valence-electron chi connectivity index (χ3n) is 3.93. The lowest BCUT2D eigenvalue weighted by molar-refractivity contribution is -0.142. The minimum absolute atomic E-state index is 0.228. The zero-order chi connectivity index (χ0) is 18.6. The second kappa shape index (κ2) is 8.41. The summed E-state index contributed by atoms with van der Waals surface area (Å²) in [5.41, 5.74) is 1.79. The minimum atomic E-state index is -0.234. The molecule has 140 valence electrons. The van der Waals surface area contributed by atoms with Gasteiger partial charge in [0, 0.05) is 34.8 Å². The number of carbonyl (C=O) groups is 1. The smallest absolute Gasteiger partial charge is 0.311 e. The number of ether oxygens (including phenoxy) is 1. The van der Waals surface area contributed by atoms with Crippen LogP contribution in [0.5, 0.6) is 0 Å². The Morgan fingerprint density at radius 1 is 1.37 bits per heavy atom. The number of esters is 1. The summed E-state index contributed by atoms with van der Waals surface area (Å²) in [4.78, 5) is 20.2. The van der Waals surface area contributed by atoms with Crippen LogP contribution in [-0.2, 0) is 16.0 Å². The number of aromatic nitrogens is 5. The molecular weight excluding hydrogens is 402 g/mol. The number of pyridine rings is 1. The Morgan fingerprint density at radius 3 is 3.04 bits per heavy atom. The van der Waals surface area contributed by atoms with Crippen LogP contribution in [0.1, 0.15) is 18.7 Å². The summed E-state index contributed by atoms with van der Waals surface area (Å²) in [5, 5.41) is 11.6. The molecule has 0 N–H and O–H groups in total. The molecule has 0 saturated heterocycles. The van der Waals surface area contributed by atoms with Gasteiger partial charge in [-0.2, -0.15) is 0 Å². The van der Waals surface area contributed by atoms with E-state index < -0.39 is 0 Å². The lowest BCUT2D eigenvalue weighted by Crippen LogP contribution is -2.11. The fraction of sp³-hybridized carbons (Fsp3) is 0.353. The van der Waals surface area contributed by atoms with E-state index in [4.69, 9.17) is 4.74 Å². The molecule has 0 saturated carbocycles. The third-order valence-corrected chi connectivity index (χ3v) is 7.24. The maximum absolute atomic E-state index is 11.6. The van der Waals surface area contributed by atoms with Crippen molar-refractivity contribution in [1.82, 2.24) is 24.7 Å². The van der Waals surface area contributed by atoms with E-state index in [-0.39, 0.29) is 12.4 Å². The Hall–Kier alpha value is -1.91. The summed E-state index contributed by atoms with van der Waals surface area (Å²) >= 11 is 5.00. The van der Waals surface area contributed by atoms with Gasteiger partial charge in [0.05, 0.1) is 24.8 Å². The van der Waals surface area contributed by atoms with Crippen LogP contribution in [0.4, 0.5) is 0 Å². The van der Waals surface area contributed by atoms with Gasteiger partial charge in [-0.05, 0) is 19.1 Å². The quantitative estimate of drug-likeness (QED) is 0.426. The summed E-state index contributed by atoms with van der Waals surface area (Å²) in [6.07, 6.45) is 3.76. The van der Waals surface area contributed by atoms with E-state index in [0.717, 1.165) is 38.1 Å². The van der Waals surface area contributed by atoms with Crippen molar-refractivity contribution in [3.05, 3.63) is 35.6 Å². The van der Waals surface area contributed by atoms with Gasteiger partial charge in [-0.1, -0.05) is 23.5 Å². The molecule has 0 amide bonds. The highest BCUT2D eigenvalue weighted by Crippen LogP contribution is 2.39. The lowest BCUT2D eigenvalue weighted by Gasteiger charge is -2.13. The number of fused-ring (bicyclic) bond motifs is 1. The standard InChI is InChI=1S/C17H17N5O2S3/c1-2-24-14(23)7-12-8-26-17(19-12)27-10-13-9-25-16-21-20-15(22(13)16)11-3-5-18-6-4-11/h3-6,8,13H,2,7,9-10H2,1H3/t13-/m1/s1. The van der Waals surface area contributed by atoms with Crippen LogP contribution in [0, 0.1) is 0 Å². The van der Waals surface area contributed by atoms with Crippen molar-refractivity contribution in [1.29, 1.82) is 0 Å². The van der Waals surface area contributed by atoms with Gasteiger partial charge < -0.3 is 4.74 Å². The van der Waals surface area contributed by atoms with Crippen molar-refractivity contribution in [2.75, 3.05) is 18.1 Å². The first-order chi connectivity index (χ1) is 13.2. The van der Waals surface area contributed by atoms with E-state index in [9.17, 15) is 4.79 Å². The number of carbonyl (C=O) groups excluding carboxylic acids is 1. The van der Waals surface area contributed by atoms with Crippen molar-refractivity contribution in [2.45, 2.75) is 28.9 Å². The van der Waals surface area contributed by atoms with Gasteiger partial charge >= 0.3 is 5.97 Å². The highest BCUT2D eigenvalue weighted by molar-refractivity contribution is 8.01. The maximum Gasteiger partial charge on any atom is 0.311 e. The van der Waals surface area contributed by atoms with Crippen LogP contribution < -0.4 is 0 Å². The van der Waals surface area contributed by atoms with Crippen LogP contribution in [0.25, 0.3) is 11.4 Å². The average molecular weight is 420 g/mol. The number of hydrogen-bond acceptors (Lipinski definition) is 9. The molecule has 1 aliphatic heterocycles. The van der Waals surface area contributed by atoms with Gasteiger partial charge in [-0.15, -0.1) is 21.5 Å². The van der Waals surface area contributed by atoms with Crippen LogP contribution in [0.2, 0.25) is 0 Å². The highest BCUT2D eigenvalue weighted by Gasteiger charge is 2.28. The minimum Gasteiger partial charge on any atom is -0.466 e. The van der Waals surface area contributed by atoms with Crippen LogP contribution in [0.3, 0.4) is 0 Å². The Balaban J connectivity index is 1.42. The molecule has 7 nitrogen and oxygen atoms in total. The van der Waals surface area contributed by atoms with Crippen LogP contribution >= 0.6 is 34.9 Å². The first kappa shape index (κ1) is 18.5. The van der Waals surface area contributed by atoms with Gasteiger partial charge in [-0.25, -0.2) is 4.98 Å². The number of rotatable bonds is 7. The summed E-state index contributed by atoms with van der Waals surface area (Å²) in [6.45, 7) is 2.20. The summed E-state index contributed by atoms with van der Waals surface area (Å²) in [7, 11) is 0. The van der Waals surface area contributed by atoms with Gasteiger partial charge in [0.25, 0.3) is 0 Å². The van der Waals surface area contributed by atoms with Crippen molar-refractivity contribution < 1.29 is 9.53 Å². The number of hydrogen-bond donors (Lipinski definition) is 0. The Kier molecular flexibility index (Phi) is 5.74. The van der Waals surface area contributed by atoms with Gasteiger partial charge in [0.2, 0.25) is 0 Å². The number of thioether (sulfide) groups is 2. The predicted octanol–water partition coefficient (Wildman–Crippen LogP) is 3.34. The molecule has 4 rings (SSSR count). The van der Waals surface area contributed by atoms with Gasteiger partial charge in [-0.3, -0.25) is 14.3 Å². The first-order valence-electron chi connectivity index (χ1n) is 8.45. The Morgan fingerprint density at radius 2 is 2.22 bits per heavy atom. The lowest BCUT2D eigenvalue weighted by atomic mass is 10.2. The van der Waals surface area contributed by atoms with E-state index in [2.05, 4.69) is 24.7 Å². The zero-order valence-electron chi connectivity index (χ0n) is 14.6. The highest BCUT2D eigenvalue weighted by atomic mass is 32.2. The SMILES string of the molecule is CCOC(=O)Cc1csc(SC[C@H]2CSc3nnc(-c4ccncc4)n32)n1. The Labute approximate surface area is 169 Å². The second-order valence-corrected chi connectivity index (χ2v) is 8.89. The largest absolute Gasteiger partial charge is 0.466 e. The summed E-state index contributed by atoms with van der Waals surface area (Å²) in [6, 6.07) is 4.20. The van der Waals surface area contributed by atoms with E-state index in [1.165, 1.54) is 0 Å². The van der Waals surface area contributed by atoms with Crippen molar-refractivity contribution in [2.24, 2.45) is 0 Å². The molecule has 0 fully saturated rings. The third kappa shape index (κ3) is 4.17. The fourth-order valence-electron chi connectivity index (χ4n) is 2.73. The topological polar surface area (TPSA) is 82.8 Å². The molecule has 0 radical (unpaired) electrons. The second-order valence-electron chi connectivity index (χ2n) is 5.77. The number of thiazole rings is 1. The molecule has 0 spiro atoms. The molecule has 3 aromatic rings. The molecule has 27 heavy (non-hydrogen) atoms. The van der Waals surface area contributed by atoms with Gasteiger partial charge in [0.15, 0.2) is 11.0 Å². The Bertz CT molecular complexity index is 928. The van der Waals surface area contributed by atoms with Crippen LogP contribution in [0.15, 0.2) is 39.4 Å². The van der Waals surface area contributed by atoms with E-state index >= 15 is 0 Å². The molecule has 0 aromatic carbocycles. The number of nitrogens with zero attached hydrogens (tertiary/aromatic N) is 5. The van der Waals surface area contributed by atoms with Crippen molar-refractivity contribution in [3.63, 3.8) is 0 Å². The predicted molar refractivity (Wildman–Crippen MR) is 106 cm³/mol. The molecule has 1 atom stereocenters. The van der Waals surface area contributed by atoms with Gasteiger partial charge in [0.1, 0.15) is 4.34 Å². The molecular formula is C17H17N5O2S3. The molecule has 10 heteroatoms. The van der Waals surface area contributed by atoms with Crippen LogP contribution in [-0.4, -0.2) is 48.8 Å². The molecule has 1 aliphatic rings. The maximum atomic E-state index is 11.6. The normalized spacial score (nSPS) is 15.7. The summed E-state index contributed by atoms with van der Waals surface area (Å²) in [5.74, 6) is 2.49. The summed E-state index contributed by atoms with van der Waals surface area (Å²) < 4.78 is 8.15. The fourth-order valence-corrected chi connectivity index (χ4v) is 5.91. The molecule has 4 heterocycles. The zero-order valence-corrected chi connectivity index (χ0v) is 17.0. The monoisotopic (exact) mass is 419 g/mol. The molecule has 0 aliphatic carbocycles. The molecule has 0 unspecified atom stereocenters. The van der Waals surface area contributed by atoms with Crippen molar-refractivity contribution >= 4 is 40.8 Å². The van der Waals surface area contributed by atoms with Crippen molar-refractivity contribution in [3.8, 4) is 11.4 Å².